The zero-order chi connectivity index (χ0) is 14.1. The van der Waals surface area contributed by atoms with E-state index in [1.54, 1.807) is 0 Å². The van der Waals surface area contributed by atoms with Gasteiger partial charge in [-0.3, -0.25) is 4.79 Å². The van der Waals surface area contributed by atoms with Gasteiger partial charge in [-0.1, -0.05) is 27.2 Å². The second kappa shape index (κ2) is 8.91. The molecule has 0 fully saturated rings. The fourth-order valence-corrected chi connectivity index (χ4v) is 1.65. The Labute approximate surface area is 109 Å². The van der Waals surface area contributed by atoms with Crippen molar-refractivity contribution in [1.29, 1.82) is 0 Å². The predicted molar refractivity (Wildman–Crippen MR) is 70.9 cm³/mol. The molecular formula is C13H26N2O3. The summed E-state index contributed by atoms with van der Waals surface area (Å²) >= 11 is 0. The highest BCUT2D eigenvalue weighted by Crippen LogP contribution is 2.12. The van der Waals surface area contributed by atoms with Crippen molar-refractivity contribution in [3.8, 4) is 0 Å². The molecule has 1 amide bonds. The smallest absolute Gasteiger partial charge is 0.328 e. The molecule has 0 aromatic carbocycles. The van der Waals surface area contributed by atoms with Crippen molar-refractivity contribution < 1.29 is 14.3 Å². The molecule has 3 N–H and O–H groups in total. The summed E-state index contributed by atoms with van der Waals surface area (Å²) in [6.07, 6.45) is 2.34. The Hall–Kier alpha value is -1.10. The molecule has 0 aliphatic rings. The van der Waals surface area contributed by atoms with E-state index in [0.717, 1.165) is 19.3 Å². The number of carbonyl (C=O) groups is 2. The summed E-state index contributed by atoms with van der Waals surface area (Å²) in [6.45, 7) is 6.32. The van der Waals surface area contributed by atoms with Gasteiger partial charge in [0.1, 0.15) is 6.04 Å². The molecule has 3 atom stereocenters. The normalized spacial score (nSPS) is 15.6. The number of methoxy groups -OCH3 is 1. The molecule has 18 heavy (non-hydrogen) atoms. The van der Waals surface area contributed by atoms with Crippen LogP contribution in [0.3, 0.4) is 0 Å². The predicted octanol–water partition coefficient (Wildman–Crippen LogP) is 1.07. The molecule has 0 aliphatic carbocycles. The third-order valence-electron chi connectivity index (χ3n) is 3.25. The maximum atomic E-state index is 11.9. The molecule has 0 aliphatic heterocycles. The average Bonchev–Trinajstić information content (AvgIpc) is 2.39. The Morgan fingerprint density at radius 2 is 1.94 bits per heavy atom. The Morgan fingerprint density at radius 1 is 1.33 bits per heavy atom. The number of nitrogens with one attached hydrogen (secondary N) is 1. The Balaban J connectivity index is 4.48. The van der Waals surface area contributed by atoms with Gasteiger partial charge in [0.15, 0.2) is 0 Å². The zero-order valence-corrected chi connectivity index (χ0v) is 11.9. The number of nitrogens with two attached hydrogens (primary N) is 1. The molecule has 0 bridgehead atoms. The largest absolute Gasteiger partial charge is 0.467 e. The molecule has 0 heterocycles. The van der Waals surface area contributed by atoms with Crippen molar-refractivity contribution in [3.63, 3.8) is 0 Å². The molecule has 0 rings (SSSR count). The molecule has 0 aromatic rings. The maximum absolute atomic E-state index is 11.9. The highest BCUT2D eigenvalue weighted by molar-refractivity contribution is 5.85. The zero-order valence-electron chi connectivity index (χ0n) is 11.9. The minimum Gasteiger partial charge on any atom is -0.467 e. The molecule has 0 aromatic heterocycles. The second-order valence-corrected chi connectivity index (χ2v) is 4.73. The van der Waals surface area contributed by atoms with Gasteiger partial charge >= 0.3 is 5.97 Å². The van der Waals surface area contributed by atoms with Crippen molar-refractivity contribution >= 4 is 11.9 Å². The van der Waals surface area contributed by atoms with Crippen LogP contribution in [0.2, 0.25) is 0 Å². The molecule has 0 radical (unpaired) electrons. The van der Waals surface area contributed by atoms with Crippen LogP contribution in [0.1, 0.15) is 40.0 Å². The van der Waals surface area contributed by atoms with Gasteiger partial charge in [-0.05, 0) is 25.3 Å². The number of hydrogen-bond donors (Lipinski definition) is 2. The van der Waals surface area contributed by atoms with Crippen molar-refractivity contribution in [2.24, 2.45) is 17.6 Å². The van der Waals surface area contributed by atoms with Crippen molar-refractivity contribution in [3.05, 3.63) is 0 Å². The van der Waals surface area contributed by atoms with Gasteiger partial charge in [-0.15, -0.1) is 0 Å². The molecule has 0 saturated carbocycles. The van der Waals surface area contributed by atoms with E-state index in [2.05, 4.69) is 5.32 Å². The number of hydrogen-bond acceptors (Lipinski definition) is 4. The SMILES string of the molecule is CCC(C)C(NC(=O)C(C)CCCN)C(=O)OC. The van der Waals surface area contributed by atoms with Crippen LogP contribution >= 0.6 is 0 Å². The third kappa shape index (κ3) is 5.49. The number of ether oxygens (including phenoxy) is 1. The molecule has 106 valence electrons. The average molecular weight is 258 g/mol. The van der Waals surface area contributed by atoms with E-state index < -0.39 is 6.04 Å². The number of carbonyl (C=O) groups excluding carboxylic acids is 2. The van der Waals surface area contributed by atoms with E-state index in [0.29, 0.717) is 6.54 Å². The molecule has 3 unspecified atom stereocenters. The van der Waals surface area contributed by atoms with E-state index in [9.17, 15) is 9.59 Å². The van der Waals surface area contributed by atoms with Gasteiger partial charge in [-0.2, -0.15) is 0 Å². The summed E-state index contributed by atoms with van der Waals surface area (Å²) in [5, 5.41) is 2.77. The fourth-order valence-electron chi connectivity index (χ4n) is 1.65. The van der Waals surface area contributed by atoms with Gasteiger partial charge in [0.25, 0.3) is 0 Å². The summed E-state index contributed by atoms with van der Waals surface area (Å²) in [4.78, 5) is 23.6. The van der Waals surface area contributed by atoms with Crippen molar-refractivity contribution in [2.75, 3.05) is 13.7 Å². The monoisotopic (exact) mass is 258 g/mol. The summed E-state index contributed by atoms with van der Waals surface area (Å²) in [5.74, 6) is -0.573. The third-order valence-corrected chi connectivity index (χ3v) is 3.25. The van der Waals surface area contributed by atoms with Crippen LogP contribution in [0.25, 0.3) is 0 Å². The van der Waals surface area contributed by atoms with Gasteiger partial charge in [0, 0.05) is 5.92 Å². The van der Waals surface area contributed by atoms with Gasteiger partial charge in [0.2, 0.25) is 5.91 Å². The first-order valence-corrected chi connectivity index (χ1v) is 6.56. The van der Waals surface area contributed by atoms with Crippen LogP contribution < -0.4 is 11.1 Å². The number of rotatable bonds is 8. The lowest BCUT2D eigenvalue weighted by atomic mass is 9.97. The van der Waals surface area contributed by atoms with E-state index in [1.807, 2.05) is 20.8 Å². The quantitative estimate of drug-likeness (QED) is 0.638. The fraction of sp³-hybridized carbons (Fsp3) is 0.846. The van der Waals surface area contributed by atoms with Crippen molar-refractivity contribution in [1.82, 2.24) is 5.32 Å². The summed E-state index contributed by atoms with van der Waals surface area (Å²) in [6, 6.07) is -0.562. The number of esters is 1. The molecule has 5 nitrogen and oxygen atoms in total. The summed E-state index contributed by atoms with van der Waals surface area (Å²) in [5.41, 5.74) is 5.41. The Bertz CT molecular complexity index is 269. The first-order chi connectivity index (χ1) is 8.47. The highest BCUT2D eigenvalue weighted by Gasteiger charge is 2.28. The maximum Gasteiger partial charge on any atom is 0.328 e. The van der Waals surface area contributed by atoms with Gasteiger partial charge in [0.05, 0.1) is 7.11 Å². The first-order valence-electron chi connectivity index (χ1n) is 6.56. The van der Waals surface area contributed by atoms with Crippen LogP contribution in [-0.4, -0.2) is 31.6 Å². The van der Waals surface area contributed by atoms with Crippen molar-refractivity contribution in [2.45, 2.75) is 46.1 Å². The second-order valence-electron chi connectivity index (χ2n) is 4.73. The standard InChI is InChI=1S/C13H26N2O3/c1-5-9(2)11(13(17)18-4)15-12(16)10(3)7-6-8-14/h9-11H,5-8,14H2,1-4H3,(H,15,16). The topological polar surface area (TPSA) is 81.4 Å². The molecule has 5 heteroatoms. The lowest BCUT2D eigenvalue weighted by molar-refractivity contribution is -0.147. The molecule has 0 saturated heterocycles. The lowest BCUT2D eigenvalue weighted by Crippen LogP contribution is -2.47. The minimum absolute atomic E-state index is 0.0584. The van der Waals surface area contributed by atoms with Gasteiger partial charge < -0.3 is 15.8 Å². The van der Waals surface area contributed by atoms with Crippen LogP contribution in [0.5, 0.6) is 0 Å². The van der Waals surface area contributed by atoms with Gasteiger partial charge in [-0.25, -0.2) is 4.79 Å². The van der Waals surface area contributed by atoms with E-state index >= 15 is 0 Å². The first kappa shape index (κ1) is 16.9. The Morgan fingerprint density at radius 3 is 2.39 bits per heavy atom. The van der Waals surface area contributed by atoms with E-state index in [4.69, 9.17) is 10.5 Å². The Kier molecular flexibility index (Phi) is 8.37. The van der Waals surface area contributed by atoms with Crippen LogP contribution in [0.4, 0.5) is 0 Å². The molecule has 0 spiro atoms. The lowest BCUT2D eigenvalue weighted by Gasteiger charge is -2.23. The summed E-state index contributed by atoms with van der Waals surface area (Å²) in [7, 11) is 1.34. The van der Waals surface area contributed by atoms with E-state index in [-0.39, 0.29) is 23.7 Å². The highest BCUT2D eigenvalue weighted by atomic mass is 16.5. The van der Waals surface area contributed by atoms with Crippen LogP contribution in [0.15, 0.2) is 0 Å². The summed E-state index contributed by atoms with van der Waals surface area (Å²) < 4.78 is 4.72. The van der Waals surface area contributed by atoms with E-state index in [1.165, 1.54) is 7.11 Å². The van der Waals surface area contributed by atoms with Crippen LogP contribution in [0, 0.1) is 11.8 Å². The van der Waals surface area contributed by atoms with Crippen LogP contribution in [-0.2, 0) is 14.3 Å². The minimum atomic E-state index is -0.562. The number of amides is 1. The molecular weight excluding hydrogens is 232 g/mol.